The van der Waals surface area contributed by atoms with Gasteiger partial charge in [0.1, 0.15) is 0 Å². The molecule has 3 rings (SSSR count). The molecule has 5 heteroatoms. The average Bonchev–Trinajstić information content (AvgIpc) is 2.90. The van der Waals surface area contributed by atoms with Gasteiger partial charge in [0.2, 0.25) is 0 Å². The van der Waals surface area contributed by atoms with Gasteiger partial charge in [0.15, 0.2) is 5.78 Å². The highest BCUT2D eigenvalue weighted by molar-refractivity contribution is 5.95. The van der Waals surface area contributed by atoms with Crippen LogP contribution in [0.5, 0.6) is 0 Å². The first kappa shape index (κ1) is 26.8. The summed E-state index contributed by atoms with van der Waals surface area (Å²) >= 11 is 0. The predicted molar refractivity (Wildman–Crippen MR) is 144 cm³/mol. The third kappa shape index (κ3) is 6.89. The van der Waals surface area contributed by atoms with Gasteiger partial charge in [0.05, 0.1) is 6.04 Å². The summed E-state index contributed by atoms with van der Waals surface area (Å²) in [5.41, 5.74) is 17.4. The van der Waals surface area contributed by atoms with Crippen LogP contribution in [0, 0.1) is 5.92 Å². The molecule has 188 valence electrons. The lowest BCUT2D eigenvalue weighted by Crippen LogP contribution is -2.36. The number of hydrogen-bond acceptors (Lipinski definition) is 4. The number of Topliss-reactive ketones (excluding diaryl/α,β-unsaturated/α-hetero) is 1. The summed E-state index contributed by atoms with van der Waals surface area (Å²) in [6.45, 7) is 6.05. The quantitative estimate of drug-likeness (QED) is 0.438. The molecule has 1 saturated carbocycles. The number of unbranched alkanes of at least 4 members (excludes halogenated alkanes) is 1. The molecule has 1 amide bonds. The largest absolute Gasteiger partial charge is 0.339 e. The highest BCUT2D eigenvalue weighted by Gasteiger charge is 2.28. The third-order valence-corrected chi connectivity index (χ3v) is 7.21. The summed E-state index contributed by atoms with van der Waals surface area (Å²) in [6.07, 6.45) is 6.00. The third-order valence-electron chi connectivity index (χ3n) is 7.21. The first-order valence-electron chi connectivity index (χ1n) is 13.2. The summed E-state index contributed by atoms with van der Waals surface area (Å²) in [6, 6.07) is 18.1. The van der Waals surface area contributed by atoms with Crippen molar-refractivity contribution in [3.05, 3.63) is 76.9 Å². The standard InChI is InChI=1S/C30H41N3O2/c1-3-33(4-2)30(35)26-19-15-24(16-20-26)28(22-10-6-5-7-11-22)23-13-17-25(18-14-23)29(34)27(32)12-8-9-21-31/h5-7,10-11,15-16,19-20,25,27H,3-4,8-9,12-14,17-18,21,31-32H2,1-2H3/t25?,27-/m0/s1. The van der Waals surface area contributed by atoms with E-state index in [1.807, 2.05) is 36.9 Å². The topological polar surface area (TPSA) is 89.4 Å². The lowest BCUT2D eigenvalue weighted by molar-refractivity contribution is -0.125. The van der Waals surface area contributed by atoms with Gasteiger partial charge < -0.3 is 16.4 Å². The van der Waals surface area contributed by atoms with Gasteiger partial charge in [-0.3, -0.25) is 9.59 Å². The van der Waals surface area contributed by atoms with Crippen LogP contribution >= 0.6 is 0 Å². The molecular weight excluding hydrogens is 434 g/mol. The molecule has 2 aromatic rings. The fraction of sp³-hybridized carbons (Fsp3) is 0.467. The van der Waals surface area contributed by atoms with Gasteiger partial charge in [-0.05, 0) is 87.7 Å². The number of nitrogens with zero attached hydrogens (tertiary/aromatic N) is 1. The zero-order valence-corrected chi connectivity index (χ0v) is 21.3. The fourth-order valence-corrected chi connectivity index (χ4v) is 5.11. The van der Waals surface area contributed by atoms with E-state index in [9.17, 15) is 9.59 Å². The Morgan fingerprint density at radius 2 is 1.46 bits per heavy atom. The second-order valence-corrected chi connectivity index (χ2v) is 9.47. The van der Waals surface area contributed by atoms with E-state index in [0.29, 0.717) is 25.2 Å². The van der Waals surface area contributed by atoms with Gasteiger partial charge in [0.25, 0.3) is 5.91 Å². The lowest BCUT2D eigenvalue weighted by atomic mass is 9.77. The SMILES string of the molecule is CCN(CC)C(=O)c1ccc(C(=C2CCC(C(=O)[C@@H](N)CCCCN)CC2)c2ccccc2)cc1. The number of amides is 1. The summed E-state index contributed by atoms with van der Waals surface area (Å²) in [5.74, 6) is 0.316. The Bertz CT molecular complexity index is 984. The van der Waals surface area contributed by atoms with Crippen LogP contribution in [0.25, 0.3) is 5.57 Å². The van der Waals surface area contributed by atoms with Crippen LogP contribution in [-0.4, -0.2) is 42.3 Å². The van der Waals surface area contributed by atoms with E-state index in [2.05, 4.69) is 36.4 Å². The first-order chi connectivity index (χ1) is 17.0. The summed E-state index contributed by atoms with van der Waals surface area (Å²) in [4.78, 5) is 27.5. The van der Waals surface area contributed by atoms with Crippen molar-refractivity contribution in [1.82, 2.24) is 4.90 Å². The summed E-state index contributed by atoms with van der Waals surface area (Å²) in [5, 5.41) is 0. The van der Waals surface area contributed by atoms with E-state index in [-0.39, 0.29) is 23.7 Å². The molecule has 35 heavy (non-hydrogen) atoms. The van der Waals surface area contributed by atoms with Gasteiger partial charge in [-0.2, -0.15) is 0 Å². The van der Waals surface area contributed by atoms with Crippen LogP contribution in [0.4, 0.5) is 0 Å². The van der Waals surface area contributed by atoms with E-state index in [0.717, 1.165) is 50.5 Å². The van der Waals surface area contributed by atoms with E-state index in [4.69, 9.17) is 11.5 Å². The molecule has 0 radical (unpaired) electrons. The molecule has 0 bridgehead atoms. The maximum absolute atomic E-state index is 12.9. The molecule has 1 atom stereocenters. The van der Waals surface area contributed by atoms with Crippen molar-refractivity contribution < 1.29 is 9.59 Å². The first-order valence-corrected chi connectivity index (χ1v) is 13.2. The van der Waals surface area contributed by atoms with E-state index in [1.165, 1.54) is 16.7 Å². The zero-order valence-electron chi connectivity index (χ0n) is 21.3. The highest BCUT2D eigenvalue weighted by atomic mass is 16.2. The molecular formula is C30H41N3O2. The minimum atomic E-state index is -0.374. The van der Waals surface area contributed by atoms with Crippen molar-refractivity contribution in [2.45, 2.75) is 64.8 Å². The van der Waals surface area contributed by atoms with Gasteiger partial charge in [-0.15, -0.1) is 0 Å². The molecule has 0 unspecified atom stereocenters. The maximum Gasteiger partial charge on any atom is 0.253 e. The number of ketones is 1. The number of hydrogen-bond donors (Lipinski definition) is 2. The molecule has 5 nitrogen and oxygen atoms in total. The molecule has 1 aliphatic rings. The number of benzene rings is 2. The number of carbonyl (C=O) groups is 2. The molecule has 4 N–H and O–H groups in total. The molecule has 0 saturated heterocycles. The predicted octanol–water partition coefficient (Wildman–Crippen LogP) is 5.19. The van der Waals surface area contributed by atoms with Crippen molar-refractivity contribution in [3.8, 4) is 0 Å². The second-order valence-electron chi connectivity index (χ2n) is 9.47. The minimum Gasteiger partial charge on any atom is -0.339 e. The number of carbonyl (C=O) groups excluding carboxylic acids is 2. The molecule has 0 heterocycles. The summed E-state index contributed by atoms with van der Waals surface area (Å²) in [7, 11) is 0. The molecule has 1 fully saturated rings. The second kappa shape index (κ2) is 13.4. The molecule has 0 aromatic heterocycles. The maximum atomic E-state index is 12.9. The molecule has 0 spiro atoms. The van der Waals surface area contributed by atoms with Crippen LogP contribution in [0.3, 0.4) is 0 Å². The minimum absolute atomic E-state index is 0.0396. The van der Waals surface area contributed by atoms with Gasteiger partial charge in [-0.25, -0.2) is 0 Å². The normalized spacial score (nSPS) is 16.6. The van der Waals surface area contributed by atoms with Crippen molar-refractivity contribution in [2.75, 3.05) is 19.6 Å². The van der Waals surface area contributed by atoms with Gasteiger partial charge in [0, 0.05) is 24.6 Å². The Kier molecular flexibility index (Phi) is 10.2. The molecule has 0 aliphatic heterocycles. The monoisotopic (exact) mass is 475 g/mol. The van der Waals surface area contributed by atoms with E-state index in [1.54, 1.807) is 0 Å². The average molecular weight is 476 g/mol. The van der Waals surface area contributed by atoms with Crippen molar-refractivity contribution in [3.63, 3.8) is 0 Å². The van der Waals surface area contributed by atoms with Crippen LogP contribution in [0.2, 0.25) is 0 Å². The highest BCUT2D eigenvalue weighted by Crippen LogP contribution is 2.37. The Morgan fingerprint density at radius 3 is 2.03 bits per heavy atom. The van der Waals surface area contributed by atoms with E-state index >= 15 is 0 Å². The van der Waals surface area contributed by atoms with Crippen LogP contribution in [-0.2, 0) is 4.79 Å². The van der Waals surface area contributed by atoms with Gasteiger partial charge >= 0.3 is 0 Å². The van der Waals surface area contributed by atoms with Crippen molar-refractivity contribution in [1.29, 1.82) is 0 Å². The Balaban J connectivity index is 1.81. The Hall–Kier alpha value is -2.76. The zero-order chi connectivity index (χ0) is 25.2. The van der Waals surface area contributed by atoms with Crippen molar-refractivity contribution >= 4 is 17.3 Å². The van der Waals surface area contributed by atoms with Crippen LogP contribution in [0.1, 0.15) is 80.3 Å². The van der Waals surface area contributed by atoms with Crippen LogP contribution < -0.4 is 11.5 Å². The number of allylic oxidation sites excluding steroid dienone is 1. The van der Waals surface area contributed by atoms with Crippen molar-refractivity contribution in [2.24, 2.45) is 17.4 Å². The van der Waals surface area contributed by atoms with Gasteiger partial charge in [-0.1, -0.05) is 54.5 Å². The number of nitrogens with two attached hydrogens (primary N) is 2. The molecule has 1 aliphatic carbocycles. The summed E-state index contributed by atoms with van der Waals surface area (Å²) < 4.78 is 0. The Labute approximate surface area is 210 Å². The smallest absolute Gasteiger partial charge is 0.253 e. The lowest BCUT2D eigenvalue weighted by Gasteiger charge is -2.27. The van der Waals surface area contributed by atoms with E-state index < -0.39 is 0 Å². The Morgan fingerprint density at radius 1 is 0.886 bits per heavy atom. The van der Waals surface area contributed by atoms with Crippen LogP contribution in [0.15, 0.2) is 60.2 Å². The fourth-order valence-electron chi connectivity index (χ4n) is 5.11. The molecule has 2 aromatic carbocycles. The number of rotatable bonds is 11.